The van der Waals surface area contributed by atoms with Gasteiger partial charge in [-0.25, -0.2) is 0 Å². The number of aromatic nitrogens is 1. The fraction of sp³-hybridized carbons (Fsp3) is 0.421. The Morgan fingerprint density at radius 3 is 2.86 bits per heavy atom. The molecule has 22 heavy (non-hydrogen) atoms. The zero-order chi connectivity index (χ0) is 14.9. The van der Waals surface area contributed by atoms with Gasteiger partial charge in [-0.3, -0.25) is 4.98 Å². The van der Waals surface area contributed by atoms with Gasteiger partial charge in [0.15, 0.2) is 0 Å². The number of hydrogen-bond acceptors (Lipinski definition) is 3. The molecular weight excluding hydrogens is 274 g/mol. The number of benzene rings is 1. The van der Waals surface area contributed by atoms with Crippen molar-refractivity contribution in [3.8, 4) is 5.75 Å². The highest BCUT2D eigenvalue weighted by molar-refractivity contribution is 5.83. The summed E-state index contributed by atoms with van der Waals surface area (Å²) in [6, 6.07) is 8.35. The van der Waals surface area contributed by atoms with Crippen molar-refractivity contribution in [2.24, 2.45) is 11.8 Å². The zero-order valence-electron chi connectivity index (χ0n) is 12.9. The van der Waals surface area contributed by atoms with E-state index in [-0.39, 0.29) is 0 Å². The molecule has 114 valence electrons. The van der Waals surface area contributed by atoms with Gasteiger partial charge < -0.3 is 9.47 Å². The highest BCUT2D eigenvalue weighted by Crippen LogP contribution is 2.33. The molecule has 1 aliphatic carbocycles. The maximum atomic E-state index is 5.49. The zero-order valence-corrected chi connectivity index (χ0v) is 12.9. The molecule has 1 saturated heterocycles. The molecule has 1 aromatic carbocycles. The summed E-state index contributed by atoms with van der Waals surface area (Å²) in [5, 5.41) is 1.17. The van der Waals surface area contributed by atoms with Crippen LogP contribution in [0.4, 0.5) is 0 Å². The third-order valence-electron chi connectivity index (χ3n) is 4.96. The van der Waals surface area contributed by atoms with Crippen LogP contribution in [0.1, 0.15) is 24.1 Å². The van der Waals surface area contributed by atoms with Gasteiger partial charge >= 0.3 is 0 Å². The summed E-state index contributed by atoms with van der Waals surface area (Å²) >= 11 is 0. The molecule has 1 unspecified atom stereocenters. The first-order valence-corrected chi connectivity index (χ1v) is 8.07. The van der Waals surface area contributed by atoms with Crippen LogP contribution in [0.25, 0.3) is 17.0 Å². The Morgan fingerprint density at radius 2 is 2.05 bits per heavy atom. The molecule has 2 heterocycles. The molecule has 0 spiro atoms. The normalized spacial score (nSPS) is 21.8. The van der Waals surface area contributed by atoms with E-state index in [0.717, 1.165) is 36.8 Å². The van der Waals surface area contributed by atoms with E-state index in [9.17, 15) is 0 Å². The van der Waals surface area contributed by atoms with Crippen LogP contribution in [0, 0.1) is 11.8 Å². The number of rotatable bonds is 2. The van der Waals surface area contributed by atoms with Gasteiger partial charge in [-0.1, -0.05) is 12.2 Å². The molecule has 2 aliphatic rings. The van der Waals surface area contributed by atoms with Crippen molar-refractivity contribution in [2.45, 2.75) is 19.3 Å². The van der Waals surface area contributed by atoms with Crippen LogP contribution in [0.2, 0.25) is 0 Å². The molecule has 1 aromatic heterocycles. The molecule has 2 aromatic rings. The second kappa shape index (κ2) is 5.73. The average Bonchev–Trinajstić information content (AvgIpc) is 2.59. The van der Waals surface area contributed by atoms with Crippen molar-refractivity contribution in [1.82, 2.24) is 4.98 Å². The molecule has 0 amide bonds. The SMILES string of the molecule is COc1ccc2cc3c(nc2c1)CC(C1CCOCC1)C=C3. The lowest BCUT2D eigenvalue weighted by atomic mass is 9.79. The average molecular weight is 295 g/mol. The summed E-state index contributed by atoms with van der Waals surface area (Å²) in [5.41, 5.74) is 3.51. The predicted octanol–water partition coefficient (Wildman–Crippen LogP) is 3.86. The minimum absolute atomic E-state index is 0.604. The first kappa shape index (κ1) is 13.8. The summed E-state index contributed by atoms with van der Waals surface area (Å²) in [4.78, 5) is 4.91. The smallest absolute Gasteiger partial charge is 0.121 e. The molecule has 1 fully saturated rings. The van der Waals surface area contributed by atoms with Gasteiger partial charge in [0.2, 0.25) is 0 Å². The summed E-state index contributed by atoms with van der Waals surface area (Å²) < 4.78 is 10.8. The van der Waals surface area contributed by atoms with E-state index in [4.69, 9.17) is 14.5 Å². The number of methoxy groups -OCH3 is 1. The summed E-state index contributed by atoms with van der Waals surface area (Å²) in [5.74, 6) is 2.21. The summed E-state index contributed by atoms with van der Waals surface area (Å²) in [6.45, 7) is 1.81. The van der Waals surface area contributed by atoms with E-state index in [1.165, 1.54) is 29.5 Å². The molecule has 0 bridgehead atoms. The molecule has 3 heteroatoms. The van der Waals surface area contributed by atoms with E-state index in [1.54, 1.807) is 7.11 Å². The van der Waals surface area contributed by atoms with E-state index < -0.39 is 0 Å². The Balaban J connectivity index is 1.66. The fourth-order valence-electron chi connectivity index (χ4n) is 3.62. The van der Waals surface area contributed by atoms with Crippen molar-refractivity contribution in [1.29, 1.82) is 0 Å². The van der Waals surface area contributed by atoms with Crippen LogP contribution in [-0.2, 0) is 11.2 Å². The van der Waals surface area contributed by atoms with Gasteiger partial charge in [0.25, 0.3) is 0 Å². The standard InChI is InChI=1S/C19H21NO2/c1-21-17-5-4-16-10-15-3-2-14(13-6-8-22-9-7-13)11-18(15)20-19(16)12-17/h2-5,10,12-14H,6-9,11H2,1H3. The van der Waals surface area contributed by atoms with Gasteiger partial charge in [-0.05, 0) is 54.9 Å². The topological polar surface area (TPSA) is 31.4 Å². The maximum Gasteiger partial charge on any atom is 0.121 e. The minimum atomic E-state index is 0.604. The van der Waals surface area contributed by atoms with Crippen LogP contribution in [-0.4, -0.2) is 25.3 Å². The Morgan fingerprint density at radius 1 is 1.18 bits per heavy atom. The number of fused-ring (bicyclic) bond motifs is 2. The Hall–Kier alpha value is -1.87. The van der Waals surface area contributed by atoms with Gasteiger partial charge in [0.05, 0.1) is 12.6 Å². The number of ether oxygens (including phenoxy) is 2. The van der Waals surface area contributed by atoms with E-state index >= 15 is 0 Å². The van der Waals surface area contributed by atoms with Gasteiger partial charge in [0.1, 0.15) is 5.75 Å². The molecule has 1 atom stereocenters. The van der Waals surface area contributed by atoms with Crippen LogP contribution in [0.15, 0.2) is 30.3 Å². The molecule has 0 N–H and O–H groups in total. The Labute approximate surface area is 131 Å². The van der Waals surface area contributed by atoms with E-state index in [1.807, 2.05) is 12.1 Å². The third kappa shape index (κ3) is 2.50. The molecule has 4 rings (SSSR count). The lowest BCUT2D eigenvalue weighted by molar-refractivity contribution is 0.0535. The van der Waals surface area contributed by atoms with Gasteiger partial charge in [0, 0.05) is 30.4 Å². The molecule has 0 saturated carbocycles. The van der Waals surface area contributed by atoms with Gasteiger partial charge in [-0.2, -0.15) is 0 Å². The highest BCUT2D eigenvalue weighted by Gasteiger charge is 2.25. The van der Waals surface area contributed by atoms with Crippen LogP contribution in [0.5, 0.6) is 5.75 Å². The lowest BCUT2D eigenvalue weighted by Gasteiger charge is -2.30. The van der Waals surface area contributed by atoms with Gasteiger partial charge in [-0.15, -0.1) is 0 Å². The molecule has 3 nitrogen and oxygen atoms in total. The lowest BCUT2D eigenvalue weighted by Crippen LogP contribution is -2.25. The van der Waals surface area contributed by atoms with Crippen molar-refractivity contribution in [3.05, 3.63) is 41.6 Å². The Bertz CT molecular complexity index is 717. The maximum absolute atomic E-state index is 5.49. The number of nitrogens with zero attached hydrogens (tertiary/aromatic N) is 1. The fourth-order valence-corrected chi connectivity index (χ4v) is 3.62. The monoisotopic (exact) mass is 295 g/mol. The predicted molar refractivity (Wildman–Crippen MR) is 88.1 cm³/mol. The van der Waals surface area contributed by atoms with Crippen molar-refractivity contribution in [2.75, 3.05) is 20.3 Å². The van der Waals surface area contributed by atoms with Crippen LogP contribution >= 0.6 is 0 Å². The van der Waals surface area contributed by atoms with E-state index in [0.29, 0.717) is 5.92 Å². The second-order valence-corrected chi connectivity index (χ2v) is 6.26. The summed E-state index contributed by atoms with van der Waals surface area (Å²) in [7, 11) is 1.70. The number of hydrogen-bond donors (Lipinski definition) is 0. The largest absolute Gasteiger partial charge is 0.497 e. The van der Waals surface area contributed by atoms with Crippen molar-refractivity contribution in [3.63, 3.8) is 0 Å². The molecule has 0 radical (unpaired) electrons. The van der Waals surface area contributed by atoms with Crippen LogP contribution in [0.3, 0.4) is 0 Å². The van der Waals surface area contributed by atoms with Crippen molar-refractivity contribution >= 4 is 17.0 Å². The second-order valence-electron chi connectivity index (χ2n) is 6.26. The van der Waals surface area contributed by atoms with Crippen molar-refractivity contribution < 1.29 is 9.47 Å². The third-order valence-corrected chi connectivity index (χ3v) is 4.96. The Kier molecular flexibility index (Phi) is 3.59. The molecule has 1 aliphatic heterocycles. The van der Waals surface area contributed by atoms with Crippen LogP contribution < -0.4 is 4.74 Å². The quantitative estimate of drug-likeness (QED) is 0.843. The number of pyridine rings is 1. The first-order chi connectivity index (χ1) is 10.8. The van der Waals surface area contributed by atoms with E-state index in [2.05, 4.69) is 24.3 Å². The summed E-state index contributed by atoms with van der Waals surface area (Å²) in [6.07, 6.45) is 8.03. The number of allylic oxidation sites excluding steroid dienone is 1. The molecular formula is C19H21NO2. The first-order valence-electron chi connectivity index (χ1n) is 8.07. The minimum Gasteiger partial charge on any atom is -0.497 e. The highest BCUT2D eigenvalue weighted by atomic mass is 16.5.